The Morgan fingerprint density at radius 1 is 1.39 bits per heavy atom. The maximum Gasteiger partial charge on any atom is 0.150 e. The van der Waals surface area contributed by atoms with Gasteiger partial charge in [0.05, 0.1) is 12.5 Å². The van der Waals surface area contributed by atoms with Gasteiger partial charge in [0, 0.05) is 18.2 Å². The molecule has 94 valence electrons. The Hall–Kier alpha value is -1.96. The number of benzene rings is 1. The zero-order valence-corrected chi connectivity index (χ0v) is 9.70. The number of halogens is 2. The van der Waals surface area contributed by atoms with Gasteiger partial charge in [-0.3, -0.25) is 4.79 Å². The van der Waals surface area contributed by atoms with Crippen LogP contribution < -0.4 is 4.90 Å². The standard InChI is InChI=1S/C13H12F2N2O/c14-11-6-9(8-18)7-12(15)13(11)17(5-1-4-16)10-2-3-10/h6-8,10H,1-3,5H2. The highest BCUT2D eigenvalue weighted by Crippen LogP contribution is 2.35. The minimum Gasteiger partial charge on any atom is -0.363 e. The van der Waals surface area contributed by atoms with E-state index in [0.29, 0.717) is 12.8 Å². The molecule has 1 fully saturated rings. The highest BCUT2D eigenvalue weighted by molar-refractivity contribution is 5.76. The van der Waals surface area contributed by atoms with Gasteiger partial charge in [0.15, 0.2) is 0 Å². The molecule has 0 saturated heterocycles. The second-order valence-corrected chi connectivity index (χ2v) is 4.28. The fraction of sp³-hybridized carbons (Fsp3) is 0.385. The quantitative estimate of drug-likeness (QED) is 0.754. The van der Waals surface area contributed by atoms with Crippen LogP contribution in [0.3, 0.4) is 0 Å². The number of rotatable bonds is 5. The molecule has 0 radical (unpaired) electrons. The van der Waals surface area contributed by atoms with Crippen LogP contribution in [0.2, 0.25) is 0 Å². The van der Waals surface area contributed by atoms with Crippen molar-refractivity contribution in [2.75, 3.05) is 11.4 Å². The highest BCUT2D eigenvalue weighted by atomic mass is 19.1. The molecule has 1 saturated carbocycles. The summed E-state index contributed by atoms with van der Waals surface area (Å²) < 4.78 is 27.7. The van der Waals surface area contributed by atoms with Crippen LogP contribution in [-0.2, 0) is 0 Å². The topological polar surface area (TPSA) is 44.1 Å². The molecule has 0 spiro atoms. The third-order valence-electron chi connectivity index (χ3n) is 2.91. The van der Waals surface area contributed by atoms with Crippen molar-refractivity contribution in [3.63, 3.8) is 0 Å². The first-order chi connectivity index (χ1) is 8.67. The number of anilines is 1. The Balaban J connectivity index is 2.35. The van der Waals surface area contributed by atoms with Crippen LogP contribution in [0.1, 0.15) is 29.6 Å². The molecular weight excluding hydrogens is 238 g/mol. The third kappa shape index (κ3) is 2.48. The number of nitrogens with zero attached hydrogens (tertiary/aromatic N) is 2. The molecule has 3 nitrogen and oxygen atoms in total. The highest BCUT2D eigenvalue weighted by Gasteiger charge is 2.32. The second kappa shape index (κ2) is 5.13. The molecule has 1 aromatic rings. The van der Waals surface area contributed by atoms with E-state index in [1.54, 1.807) is 4.90 Å². The first-order valence-corrected chi connectivity index (χ1v) is 5.75. The molecule has 0 N–H and O–H groups in total. The number of nitriles is 1. The lowest BCUT2D eigenvalue weighted by molar-refractivity contribution is 0.112. The van der Waals surface area contributed by atoms with Gasteiger partial charge < -0.3 is 4.90 Å². The predicted octanol–water partition coefficient (Wildman–Crippen LogP) is 2.66. The lowest BCUT2D eigenvalue weighted by atomic mass is 10.1. The largest absolute Gasteiger partial charge is 0.363 e. The van der Waals surface area contributed by atoms with Crippen LogP contribution >= 0.6 is 0 Å². The SMILES string of the molecule is N#CCCN(c1c(F)cc(C=O)cc1F)C1CC1. The van der Waals surface area contributed by atoms with Gasteiger partial charge in [0.2, 0.25) is 0 Å². The average molecular weight is 250 g/mol. The third-order valence-corrected chi connectivity index (χ3v) is 2.91. The summed E-state index contributed by atoms with van der Waals surface area (Å²) in [6.07, 6.45) is 2.37. The number of hydrogen-bond donors (Lipinski definition) is 0. The Morgan fingerprint density at radius 2 is 2.00 bits per heavy atom. The van der Waals surface area contributed by atoms with E-state index in [4.69, 9.17) is 5.26 Å². The Kier molecular flexibility index (Phi) is 3.56. The summed E-state index contributed by atoms with van der Waals surface area (Å²) in [6, 6.07) is 4.11. The van der Waals surface area contributed by atoms with Crippen molar-refractivity contribution in [3.8, 4) is 6.07 Å². The second-order valence-electron chi connectivity index (χ2n) is 4.28. The van der Waals surface area contributed by atoms with Gasteiger partial charge in [0.1, 0.15) is 23.6 Å². The van der Waals surface area contributed by atoms with Gasteiger partial charge in [-0.2, -0.15) is 5.26 Å². The van der Waals surface area contributed by atoms with Gasteiger partial charge in [-0.15, -0.1) is 0 Å². The Bertz CT molecular complexity index is 483. The number of hydrogen-bond acceptors (Lipinski definition) is 3. The van der Waals surface area contributed by atoms with Crippen LogP contribution in [0.5, 0.6) is 0 Å². The maximum absolute atomic E-state index is 13.8. The van der Waals surface area contributed by atoms with E-state index in [9.17, 15) is 13.6 Å². The van der Waals surface area contributed by atoms with Gasteiger partial charge in [-0.05, 0) is 25.0 Å². The lowest BCUT2D eigenvalue weighted by Crippen LogP contribution is -2.28. The van der Waals surface area contributed by atoms with E-state index >= 15 is 0 Å². The molecule has 0 bridgehead atoms. The molecule has 0 heterocycles. The van der Waals surface area contributed by atoms with Crippen LogP contribution in [0.4, 0.5) is 14.5 Å². The van der Waals surface area contributed by atoms with Gasteiger partial charge in [-0.25, -0.2) is 8.78 Å². The molecular formula is C13H12F2N2O. The van der Waals surface area contributed by atoms with E-state index in [0.717, 1.165) is 25.0 Å². The van der Waals surface area contributed by atoms with Crippen molar-refractivity contribution in [3.05, 3.63) is 29.3 Å². The fourth-order valence-corrected chi connectivity index (χ4v) is 1.96. The average Bonchev–Trinajstić information content (AvgIpc) is 3.16. The molecule has 2 rings (SSSR count). The van der Waals surface area contributed by atoms with E-state index in [-0.39, 0.29) is 23.7 Å². The normalized spacial score (nSPS) is 14.1. The summed E-state index contributed by atoms with van der Waals surface area (Å²) in [5.74, 6) is -1.50. The van der Waals surface area contributed by atoms with Crippen molar-refractivity contribution in [2.45, 2.75) is 25.3 Å². The van der Waals surface area contributed by atoms with Crippen molar-refractivity contribution < 1.29 is 13.6 Å². The fourth-order valence-electron chi connectivity index (χ4n) is 1.96. The first kappa shape index (κ1) is 12.5. The van der Waals surface area contributed by atoms with Crippen molar-refractivity contribution in [1.82, 2.24) is 0 Å². The van der Waals surface area contributed by atoms with Gasteiger partial charge >= 0.3 is 0 Å². The minimum atomic E-state index is -0.748. The molecule has 0 amide bonds. The van der Waals surface area contributed by atoms with Crippen LogP contribution in [0, 0.1) is 23.0 Å². The van der Waals surface area contributed by atoms with Crippen molar-refractivity contribution >= 4 is 12.0 Å². The monoisotopic (exact) mass is 250 g/mol. The Labute approximate surface area is 104 Å². The van der Waals surface area contributed by atoms with Crippen molar-refractivity contribution in [1.29, 1.82) is 5.26 Å². The summed E-state index contributed by atoms with van der Waals surface area (Å²) in [5.41, 5.74) is -0.150. The molecule has 1 aliphatic rings. The minimum absolute atomic E-state index is 0.0234. The smallest absolute Gasteiger partial charge is 0.150 e. The lowest BCUT2D eigenvalue weighted by Gasteiger charge is -2.24. The van der Waals surface area contributed by atoms with E-state index in [1.807, 2.05) is 6.07 Å². The summed E-state index contributed by atoms with van der Waals surface area (Å²) in [5, 5.41) is 8.57. The molecule has 1 aliphatic carbocycles. The first-order valence-electron chi connectivity index (χ1n) is 5.75. The molecule has 0 aromatic heterocycles. The van der Waals surface area contributed by atoms with Gasteiger partial charge in [-0.1, -0.05) is 0 Å². The number of aldehydes is 1. The van der Waals surface area contributed by atoms with E-state index < -0.39 is 11.6 Å². The van der Waals surface area contributed by atoms with Gasteiger partial charge in [0.25, 0.3) is 0 Å². The summed E-state index contributed by atoms with van der Waals surface area (Å²) >= 11 is 0. The molecule has 0 atom stereocenters. The van der Waals surface area contributed by atoms with E-state index in [2.05, 4.69) is 0 Å². The molecule has 1 aromatic carbocycles. The van der Waals surface area contributed by atoms with Crippen molar-refractivity contribution in [2.24, 2.45) is 0 Å². The molecule has 18 heavy (non-hydrogen) atoms. The molecule has 5 heteroatoms. The maximum atomic E-state index is 13.8. The summed E-state index contributed by atoms with van der Waals surface area (Å²) in [4.78, 5) is 12.1. The zero-order chi connectivity index (χ0) is 13.1. The van der Waals surface area contributed by atoms with Crippen LogP contribution in [-0.4, -0.2) is 18.9 Å². The predicted molar refractivity (Wildman–Crippen MR) is 62.3 cm³/mol. The summed E-state index contributed by atoms with van der Waals surface area (Å²) in [7, 11) is 0. The van der Waals surface area contributed by atoms with Crippen LogP contribution in [0.25, 0.3) is 0 Å². The molecule has 0 unspecified atom stereocenters. The zero-order valence-electron chi connectivity index (χ0n) is 9.70. The van der Waals surface area contributed by atoms with E-state index in [1.165, 1.54) is 0 Å². The Morgan fingerprint density at radius 3 is 2.44 bits per heavy atom. The molecule has 0 aliphatic heterocycles. The number of carbonyl (C=O) groups is 1. The van der Waals surface area contributed by atoms with Crippen LogP contribution in [0.15, 0.2) is 12.1 Å². The number of carbonyl (C=O) groups excluding carboxylic acids is 1. The summed E-state index contributed by atoms with van der Waals surface area (Å²) in [6.45, 7) is 0.301.